The van der Waals surface area contributed by atoms with Crippen molar-refractivity contribution in [2.24, 2.45) is 0 Å². The summed E-state index contributed by atoms with van der Waals surface area (Å²) in [5.74, 6) is 0.637. The molecule has 3 rings (SSSR count). The Morgan fingerprint density at radius 2 is 2.00 bits per heavy atom. The molecule has 6 nitrogen and oxygen atoms in total. The van der Waals surface area contributed by atoms with E-state index in [1.54, 1.807) is 17.6 Å². The van der Waals surface area contributed by atoms with Crippen molar-refractivity contribution >= 4 is 22.8 Å². The zero-order valence-electron chi connectivity index (χ0n) is 10.1. The largest absolute Gasteiger partial charge is 0.382 e. The lowest BCUT2D eigenvalue weighted by molar-refractivity contribution is 0.629. The van der Waals surface area contributed by atoms with Crippen LogP contribution in [0.1, 0.15) is 5.82 Å². The molecule has 0 bridgehead atoms. The first-order valence-electron chi connectivity index (χ1n) is 5.59. The summed E-state index contributed by atoms with van der Waals surface area (Å²) in [5, 5.41) is 0. The molecule has 0 fully saturated rings. The van der Waals surface area contributed by atoms with Crippen LogP contribution >= 0.6 is 0 Å². The normalized spacial score (nSPS) is 11.1. The smallest absolute Gasteiger partial charge is 0.222 e. The number of anilines is 2. The third kappa shape index (κ3) is 1.75. The number of fused-ring (bicyclic) bond motifs is 1. The Labute approximate surface area is 107 Å². The fourth-order valence-corrected chi connectivity index (χ4v) is 2.05. The molecule has 0 atom stereocenters. The summed E-state index contributed by atoms with van der Waals surface area (Å²) in [6.45, 7) is 1.80. The molecule has 0 aliphatic heterocycles. The first-order valence-corrected chi connectivity index (χ1v) is 5.59. The Balaban J connectivity index is 2.35. The maximum atomic E-state index is 13.4. The second kappa shape index (κ2) is 3.91. The number of hydrogen-bond acceptors (Lipinski definition) is 5. The number of hydrogen-bond donors (Lipinski definition) is 2. The Morgan fingerprint density at radius 3 is 2.74 bits per heavy atom. The minimum absolute atomic E-state index is 0.0921. The molecule has 0 unspecified atom stereocenters. The molecule has 4 N–H and O–H groups in total. The van der Waals surface area contributed by atoms with Crippen molar-refractivity contribution in [3.05, 3.63) is 36.0 Å². The third-order valence-electron chi connectivity index (χ3n) is 2.84. The van der Waals surface area contributed by atoms with E-state index in [0.29, 0.717) is 22.5 Å². The molecule has 0 radical (unpaired) electrons. The fourth-order valence-electron chi connectivity index (χ4n) is 2.05. The second-order valence-electron chi connectivity index (χ2n) is 4.13. The van der Waals surface area contributed by atoms with Crippen molar-refractivity contribution in [1.82, 2.24) is 19.5 Å². The van der Waals surface area contributed by atoms with Crippen LogP contribution in [0.25, 0.3) is 16.7 Å². The topological polar surface area (TPSA) is 95.6 Å². The number of aromatic nitrogens is 4. The highest BCUT2D eigenvalue weighted by Crippen LogP contribution is 2.24. The number of halogens is 1. The molecule has 0 saturated heterocycles. The zero-order chi connectivity index (χ0) is 13.6. The van der Waals surface area contributed by atoms with Gasteiger partial charge in [-0.05, 0) is 19.1 Å². The Bertz CT molecular complexity index is 779. The highest BCUT2D eigenvalue weighted by Gasteiger charge is 2.13. The average Bonchev–Trinajstić information content (AvgIpc) is 2.65. The predicted octanol–water partition coefficient (Wildman–Crippen LogP) is 1.43. The van der Waals surface area contributed by atoms with E-state index >= 15 is 0 Å². The van der Waals surface area contributed by atoms with E-state index in [-0.39, 0.29) is 17.6 Å². The molecule has 3 aromatic rings. The number of nitrogens with zero attached hydrogens (tertiary/aromatic N) is 4. The molecular weight excluding hydrogens is 247 g/mol. The van der Waals surface area contributed by atoms with Crippen molar-refractivity contribution in [2.75, 3.05) is 11.5 Å². The SMILES string of the molecule is Cc1nc2ccc(F)cc2n1-c1cnc(N)nc1N. The number of nitrogens with two attached hydrogens (primary N) is 2. The summed E-state index contributed by atoms with van der Waals surface area (Å²) in [5.41, 5.74) is 13.1. The predicted molar refractivity (Wildman–Crippen MR) is 70.2 cm³/mol. The third-order valence-corrected chi connectivity index (χ3v) is 2.84. The highest BCUT2D eigenvalue weighted by molar-refractivity contribution is 5.79. The second-order valence-corrected chi connectivity index (χ2v) is 4.13. The van der Waals surface area contributed by atoms with Gasteiger partial charge < -0.3 is 11.5 Å². The minimum atomic E-state index is -0.344. The maximum Gasteiger partial charge on any atom is 0.222 e. The molecular formula is C12H11FN6. The molecule has 0 amide bonds. The Morgan fingerprint density at radius 1 is 1.21 bits per heavy atom. The van der Waals surface area contributed by atoms with Gasteiger partial charge >= 0.3 is 0 Å². The maximum absolute atomic E-state index is 13.4. The summed E-state index contributed by atoms with van der Waals surface area (Å²) in [4.78, 5) is 12.2. The molecule has 19 heavy (non-hydrogen) atoms. The lowest BCUT2D eigenvalue weighted by Crippen LogP contribution is -2.07. The first kappa shape index (κ1) is 11.4. The van der Waals surface area contributed by atoms with E-state index in [1.807, 2.05) is 0 Å². The van der Waals surface area contributed by atoms with Crippen LogP contribution in [0, 0.1) is 12.7 Å². The van der Waals surface area contributed by atoms with E-state index in [4.69, 9.17) is 11.5 Å². The zero-order valence-corrected chi connectivity index (χ0v) is 10.1. The average molecular weight is 258 g/mol. The van der Waals surface area contributed by atoms with Gasteiger partial charge in [0.1, 0.15) is 17.3 Å². The van der Waals surface area contributed by atoms with Gasteiger partial charge in [-0.15, -0.1) is 0 Å². The van der Waals surface area contributed by atoms with Crippen LogP contribution in [0.3, 0.4) is 0 Å². The van der Waals surface area contributed by atoms with E-state index < -0.39 is 0 Å². The van der Waals surface area contributed by atoms with Gasteiger partial charge in [-0.1, -0.05) is 0 Å². The minimum Gasteiger partial charge on any atom is -0.382 e. The van der Waals surface area contributed by atoms with Crippen LogP contribution in [0.15, 0.2) is 24.4 Å². The van der Waals surface area contributed by atoms with E-state index in [9.17, 15) is 4.39 Å². The van der Waals surface area contributed by atoms with Gasteiger partial charge in [0.25, 0.3) is 0 Å². The summed E-state index contributed by atoms with van der Waals surface area (Å²) in [6.07, 6.45) is 1.50. The molecule has 0 spiro atoms. The van der Waals surface area contributed by atoms with Gasteiger partial charge in [0, 0.05) is 6.07 Å². The van der Waals surface area contributed by atoms with E-state index in [1.165, 1.54) is 18.3 Å². The number of nitrogen functional groups attached to an aromatic ring is 2. The summed E-state index contributed by atoms with van der Waals surface area (Å²) >= 11 is 0. The van der Waals surface area contributed by atoms with Crippen LogP contribution in [0.2, 0.25) is 0 Å². The lowest BCUT2D eigenvalue weighted by Gasteiger charge is -2.09. The molecule has 7 heteroatoms. The van der Waals surface area contributed by atoms with Gasteiger partial charge in [-0.3, -0.25) is 4.57 Å². The van der Waals surface area contributed by atoms with Crippen molar-refractivity contribution in [3.8, 4) is 5.69 Å². The lowest BCUT2D eigenvalue weighted by atomic mass is 10.3. The molecule has 0 aliphatic carbocycles. The van der Waals surface area contributed by atoms with Crippen molar-refractivity contribution in [1.29, 1.82) is 0 Å². The molecule has 96 valence electrons. The molecule has 2 heterocycles. The van der Waals surface area contributed by atoms with Crippen LogP contribution in [-0.2, 0) is 0 Å². The van der Waals surface area contributed by atoms with Gasteiger partial charge in [-0.2, -0.15) is 4.98 Å². The van der Waals surface area contributed by atoms with Crippen LogP contribution in [0.4, 0.5) is 16.2 Å². The van der Waals surface area contributed by atoms with Gasteiger partial charge in [0.2, 0.25) is 5.95 Å². The standard InChI is InChI=1S/C12H11FN6/c1-6-17-8-3-2-7(13)4-9(8)19(6)10-5-16-12(15)18-11(10)14/h2-5H,1H3,(H4,14,15,16,18). The van der Waals surface area contributed by atoms with Gasteiger partial charge in [0.15, 0.2) is 5.82 Å². The van der Waals surface area contributed by atoms with Crippen molar-refractivity contribution in [3.63, 3.8) is 0 Å². The van der Waals surface area contributed by atoms with Crippen molar-refractivity contribution in [2.45, 2.75) is 6.92 Å². The Hall–Kier alpha value is -2.70. The van der Waals surface area contributed by atoms with E-state index in [0.717, 1.165) is 0 Å². The first-order chi connectivity index (χ1) is 9.06. The number of imidazole rings is 1. The fraction of sp³-hybridized carbons (Fsp3) is 0.0833. The highest BCUT2D eigenvalue weighted by atomic mass is 19.1. The van der Waals surface area contributed by atoms with Gasteiger partial charge in [-0.25, -0.2) is 14.4 Å². The van der Waals surface area contributed by atoms with E-state index in [2.05, 4.69) is 15.0 Å². The summed E-state index contributed by atoms with van der Waals surface area (Å²) in [7, 11) is 0. The van der Waals surface area contributed by atoms with Crippen LogP contribution in [-0.4, -0.2) is 19.5 Å². The molecule has 1 aromatic carbocycles. The number of benzene rings is 1. The molecule has 2 aromatic heterocycles. The van der Waals surface area contributed by atoms with Crippen molar-refractivity contribution < 1.29 is 4.39 Å². The quantitative estimate of drug-likeness (QED) is 0.688. The molecule has 0 aliphatic rings. The van der Waals surface area contributed by atoms with Gasteiger partial charge in [0.05, 0.1) is 17.2 Å². The molecule has 0 saturated carbocycles. The number of aryl methyl sites for hydroxylation is 1. The summed E-state index contributed by atoms with van der Waals surface area (Å²) in [6, 6.07) is 4.37. The number of rotatable bonds is 1. The summed E-state index contributed by atoms with van der Waals surface area (Å²) < 4.78 is 15.1. The van der Waals surface area contributed by atoms with Crippen LogP contribution < -0.4 is 11.5 Å². The van der Waals surface area contributed by atoms with Crippen LogP contribution in [0.5, 0.6) is 0 Å². The Kier molecular flexibility index (Phi) is 2.34. The monoisotopic (exact) mass is 258 g/mol.